The van der Waals surface area contributed by atoms with E-state index in [1.165, 1.54) is 20.7 Å². The van der Waals surface area contributed by atoms with Gasteiger partial charge in [0.1, 0.15) is 23.0 Å². The third-order valence-corrected chi connectivity index (χ3v) is 8.45. The Labute approximate surface area is 162 Å². The van der Waals surface area contributed by atoms with Gasteiger partial charge in [0.15, 0.2) is 0 Å². The van der Waals surface area contributed by atoms with Crippen molar-refractivity contribution in [3.8, 4) is 11.5 Å². The molecule has 0 unspecified atom stereocenters. The minimum atomic E-state index is -0.258. The Hall–Kier alpha value is -2.83. The van der Waals surface area contributed by atoms with Crippen molar-refractivity contribution in [3.63, 3.8) is 0 Å². The highest BCUT2D eigenvalue weighted by molar-refractivity contribution is 6.79. The maximum atomic E-state index is 6.29. The van der Waals surface area contributed by atoms with Crippen molar-refractivity contribution in [2.75, 3.05) is 0 Å². The summed E-state index contributed by atoms with van der Waals surface area (Å²) in [6.45, 7) is 0. The number of allylic oxidation sites excluding steroid dienone is 8. The second kappa shape index (κ2) is 5.58. The van der Waals surface area contributed by atoms with Crippen LogP contribution in [0.4, 0.5) is 0 Å². The number of hydrogen-bond donors (Lipinski definition) is 0. The Bertz CT molecular complexity index is 1080. The molecule has 2 nitrogen and oxygen atoms in total. The molecule has 2 aliphatic heterocycles. The van der Waals surface area contributed by atoms with Gasteiger partial charge in [0, 0.05) is 10.4 Å². The van der Waals surface area contributed by atoms with E-state index >= 15 is 0 Å². The van der Waals surface area contributed by atoms with Crippen molar-refractivity contribution in [2.24, 2.45) is 5.41 Å². The lowest BCUT2D eigenvalue weighted by Crippen LogP contribution is -2.50. The van der Waals surface area contributed by atoms with E-state index in [0.29, 0.717) is 18.3 Å². The lowest BCUT2D eigenvalue weighted by molar-refractivity contribution is 0.443. The molecule has 4 aliphatic rings. The Morgan fingerprint density at radius 2 is 1.11 bits per heavy atom. The van der Waals surface area contributed by atoms with E-state index in [-0.39, 0.29) is 5.41 Å². The number of rotatable bonds is 0. The molecule has 4 heteroatoms. The highest BCUT2D eigenvalue weighted by Crippen LogP contribution is 2.39. The maximum Gasteiger partial charge on any atom is 0.130 e. The third kappa shape index (κ3) is 2.17. The topological polar surface area (TPSA) is 18.5 Å². The molecule has 2 radical (unpaired) electrons. The first-order chi connectivity index (χ1) is 13.3. The maximum absolute atomic E-state index is 6.29. The molecule has 0 amide bonds. The predicted molar refractivity (Wildman–Crippen MR) is 112 cm³/mol. The van der Waals surface area contributed by atoms with Gasteiger partial charge in [0.25, 0.3) is 0 Å². The number of para-hydroxylation sites is 2. The van der Waals surface area contributed by atoms with Gasteiger partial charge < -0.3 is 9.47 Å². The van der Waals surface area contributed by atoms with Gasteiger partial charge in [-0.1, -0.05) is 60.7 Å². The zero-order valence-corrected chi connectivity index (χ0v) is 16.4. The summed E-state index contributed by atoms with van der Waals surface area (Å²) in [7, 11) is 1.17. The first-order valence-electron chi connectivity index (χ1n) is 8.96. The van der Waals surface area contributed by atoms with Crippen molar-refractivity contribution < 1.29 is 9.47 Å². The molecular weight excluding hydrogens is 364 g/mol. The molecule has 0 fully saturated rings. The highest BCUT2D eigenvalue weighted by atomic mass is 28.2. The summed E-state index contributed by atoms with van der Waals surface area (Å²) in [5, 5.41) is 5.20. The Morgan fingerprint density at radius 1 is 0.630 bits per heavy atom. The van der Waals surface area contributed by atoms with E-state index in [1.807, 2.05) is 12.1 Å². The van der Waals surface area contributed by atoms with Crippen LogP contribution in [-0.2, 0) is 0 Å². The molecule has 0 atom stereocenters. The summed E-state index contributed by atoms with van der Waals surface area (Å²) in [6.07, 6.45) is 13.1. The van der Waals surface area contributed by atoms with Crippen LogP contribution in [0.25, 0.3) is 0 Å². The van der Waals surface area contributed by atoms with E-state index in [9.17, 15) is 0 Å². The monoisotopic (exact) mass is 378 g/mol. The average Bonchev–Trinajstić information content (AvgIpc) is 2.72. The first-order valence-corrected chi connectivity index (χ1v) is 11.0. The van der Waals surface area contributed by atoms with E-state index in [2.05, 4.69) is 72.9 Å². The van der Waals surface area contributed by atoms with E-state index in [1.54, 1.807) is 0 Å². The smallest absolute Gasteiger partial charge is 0.130 e. The molecule has 2 heterocycles. The summed E-state index contributed by atoms with van der Waals surface area (Å²) in [6, 6.07) is 16.7. The largest absolute Gasteiger partial charge is 0.457 e. The van der Waals surface area contributed by atoms with Gasteiger partial charge in [-0.2, -0.15) is 0 Å². The summed E-state index contributed by atoms with van der Waals surface area (Å²) in [5.74, 6) is 3.92. The molecule has 0 saturated carbocycles. The van der Waals surface area contributed by atoms with Gasteiger partial charge in [-0.15, -0.1) is 0 Å². The molecule has 6 rings (SSSR count). The second-order valence-corrected chi connectivity index (χ2v) is 9.42. The normalized spacial score (nSPS) is 19.9. The van der Waals surface area contributed by atoms with Crippen LogP contribution in [0.3, 0.4) is 0 Å². The molecule has 27 heavy (non-hydrogen) atoms. The van der Waals surface area contributed by atoms with Crippen LogP contribution in [0.5, 0.6) is 11.5 Å². The van der Waals surface area contributed by atoms with Gasteiger partial charge >= 0.3 is 0 Å². The summed E-state index contributed by atoms with van der Waals surface area (Å²) in [4.78, 5) is 0. The quantitative estimate of drug-likeness (QED) is 0.654. The van der Waals surface area contributed by atoms with E-state index in [4.69, 9.17) is 9.47 Å². The summed E-state index contributed by atoms with van der Waals surface area (Å²) >= 11 is 0. The fourth-order valence-electron chi connectivity index (χ4n) is 3.99. The Morgan fingerprint density at radius 3 is 1.63 bits per heavy atom. The first kappa shape index (κ1) is 15.3. The number of hydrogen-bond acceptors (Lipinski definition) is 2. The van der Waals surface area contributed by atoms with Gasteiger partial charge in [0.05, 0.1) is 23.7 Å². The van der Waals surface area contributed by atoms with E-state index in [0.717, 1.165) is 23.0 Å². The van der Waals surface area contributed by atoms with Crippen LogP contribution < -0.4 is 19.8 Å². The molecule has 0 N–H and O–H groups in total. The van der Waals surface area contributed by atoms with Crippen LogP contribution in [0.2, 0.25) is 0 Å². The zero-order valence-electron chi connectivity index (χ0n) is 14.4. The fraction of sp³-hybridized carbons (Fsp3) is 0.0435. The molecule has 0 saturated heterocycles. The lowest BCUT2D eigenvalue weighted by atomic mass is 9.74. The van der Waals surface area contributed by atoms with Crippen LogP contribution in [0, 0.1) is 5.41 Å². The fourth-order valence-corrected chi connectivity index (χ4v) is 7.04. The van der Waals surface area contributed by atoms with Crippen LogP contribution in [0.15, 0.2) is 96.5 Å². The lowest BCUT2D eigenvalue weighted by Gasteiger charge is -2.41. The van der Waals surface area contributed by atoms with Crippen LogP contribution in [-0.4, -0.2) is 28.6 Å². The van der Waals surface area contributed by atoms with Gasteiger partial charge in [-0.05, 0) is 34.6 Å². The summed E-state index contributed by atoms with van der Waals surface area (Å²) in [5.41, 5.74) is -0.258. The van der Waals surface area contributed by atoms with Crippen LogP contribution >= 0.6 is 0 Å². The van der Waals surface area contributed by atoms with Crippen LogP contribution in [0.1, 0.15) is 0 Å². The van der Waals surface area contributed by atoms with Crippen molar-refractivity contribution in [2.45, 2.75) is 0 Å². The average molecular weight is 379 g/mol. The number of ether oxygens (including phenoxy) is 2. The highest BCUT2D eigenvalue weighted by Gasteiger charge is 2.43. The molecule has 2 aromatic carbocycles. The molecule has 0 bridgehead atoms. The van der Waals surface area contributed by atoms with Crippen molar-refractivity contribution in [3.05, 3.63) is 96.5 Å². The number of fused-ring (bicyclic) bond motifs is 6. The SMILES string of the molecule is C1=CC2(C=CC=C3Oc4ccccc4[Si]=C32)C2=[Si]c3ccccc3OC2=C1. The Balaban J connectivity index is 1.59. The summed E-state index contributed by atoms with van der Waals surface area (Å²) < 4.78 is 12.6. The molecule has 1 spiro atoms. The minimum absolute atomic E-state index is 0.258. The predicted octanol–water partition coefficient (Wildman–Crippen LogP) is 2.07. The van der Waals surface area contributed by atoms with Crippen molar-refractivity contribution in [1.29, 1.82) is 0 Å². The van der Waals surface area contributed by atoms with Crippen molar-refractivity contribution >= 4 is 39.0 Å². The van der Waals surface area contributed by atoms with Gasteiger partial charge in [0.2, 0.25) is 0 Å². The van der Waals surface area contributed by atoms with Gasteiger partial charge in [-0.3, -0.25) is 0 Å². The molecule has 2 aliphatic carbocycles. The third-order valence-electron chi connectivity index (χ3n) is 5.27. The van der Waals surface area contributed by atoms with Gasteiger partial charge in [-0.25, -0.2) is 0 Å². The molecule has 126 valence electrons. The zero-order chi connectivity index (χ0) is 17.8. The Kier molecular flexibility index (Phi) is 3.15. The molecule has 2 aromatic rings. The van der Waals surface area contributed by atoms with Crippen molar-refractivity contribution in [1.82, 2.24) is 0 Å². The second-order valence-electron chi connectivity index (χ2n) is 6.85. The minimum Gasteiger partial charge on any atom is -0.457 e. The standard InChI is InChI=1S/C23H14O2Si2/c1-3-11-19-15(7-1)24-17-9-5-13-23(21(17)26-19)14-6-10-18-22(23)27-20-12-4-2-8-16(20)25-18/h1-14H. The molecule has 0 aromatic heterocycles. The molecular formula is C23H14O2Si2. The van der Waals surface area contributed by atoms with E-state index < -0.39 is 0 Å². The number of benzene rings is 2.